The van der Waals surface area contributed by atoms with E-state index < -0.39 is 6.09 Å². The van der Waals surface area contributed by atoms with Crippen molar-refractivity contribution in [1.82, 2.24) is 9.78 Å². The maximum absolute atomic E-state index is 11.0. The van der Waals surface area contributed by atoms with E-state index in [1.54, 1.807) is 13.1 Å². The minimum absolute atomic E-state index is 0.378. The van der Waals surface area contributed by atoms with Crippen LogP contribution in [0.2, 0.25) is 0 Å². The number of rotatable bonds is 3. The molecule has 1 fully saturated rings. The highest BCUT2D eigenvalue weighted by molar-refractivity contribution is 5.84. The minimum atomic E-state index is -0.428. The number of ether oxygens (including phenoxy) is 1. The Morgan fingerprint density at radius 3 is 3.21 bits per heavy atom. The molecule has 5 nitrogen and oxygen atoms in total. The van der Waals surface area contributed by atoms with Crippen LogP contribution in [0.5, 0.6) is 0 Å². The van der Waals surface area contributed by atoms with Crippen LogP contribution in [-0.2, 0) is 4.74 Å². The molecule has 0 aliphatic heterocycles. The molecule has 0 unspecified atom stereocenters. The highest BCUT2D eigenvalue weighted by atomic mass is 16.5. The quantitative estimate of drug-likeness (QED) is 0.799. The van der Waals surface area contributed by atoms with Crippen molar-refractivity contribution in [3.63, 3.8) is 0 Å². The molecule has 5 heteroatoms. The monoisotopic (exact) mass is 195 g/mol. The van der Waals surface area contributed by atoms with Crippen LogP contribution in [0.3, 0.4) is 0 Å². The van der Waals surface area contributed by atoms with Crippen LogP contribution in [0.4, 0.5) is 10.5 Å². The topological polar surface area (TPSA) is 56.1 Å². The molecule has 0 atom stereocenters. The molecule has 1 saturated carbocycles. The Morgan fingerprint density at radius 2 is 2.57 bits per heavy atom. The van der Waals surface area contributed by atoms with Crippen LogP contribution in [0.15, 0.2) is 12.4 Å². The molecule has 1 amide bonds. The zero-order valence-electron chi connectivity index (χ0n) is 8.06. The summed E-state index contributed by atoms with van der Waals surface area (Å²) in [5.41, 5.74) is 0.690. The number of nitrogens with zero attached hydrogens (tertiary/aromatic N) is 2. The molecule has 76 valence electrons. The molecular formula is C9H13N3O2. The van der Waals surface area contributed by atoms with Gasteiger partial charge in [0.1, 0.15) is 0 Å². The fourth-order valence-corrected chi connectivity index (χ4v) is 1.23. The van der Waals surface area contributed by atoms with Gasteiger partial charge in [-0.15, -0.1) is 0 Å². The number of amides is 1. The number of aromatic nitrogens is 2. The molecule has 0 radical (unpaired) electrons. The lowest BCUT2D eigenvalue weighted by molar-refractivity contribution is 0.168. The first kappa shape index (κ1) is 9.05. The lowest BCUT2D eigenvalue weighted by Crippen LogP contribution is -2.12. The molecule has 1 heterocycles. The second-order valence-corrected chi connectivity index (χ2v) is 3.29. The van der Waals surface area contributed by atoms with Crippen molar-refractivity contribution >= 4 is 11.8 Å². The SMILES string of the molecule is CCOC(=O)Nc1cnn(C2CC2)c1. The maximum Gasteiger partial charge on any atom is 0.411 e. The van der Waals surface area contributed by atoms with Gasteiger partial charge in [0.15, 0.2) is 0 Å². The van der Waals surface area contributed by atoms with Gasteiger partial charge in [0.05, 0.1) is 24.5 Å². The average molecular weight is 195 g/mol. The molecule has 0 aromatic carbocycles. The Labute approximate surface area is 82.0 Å². The first-order valence-corrected chi connectivity index (χ1v) is 4.77. The van der Waals surface area contributed by atoms with Gasteiger partial charge in [-0.3, -0.25) is 10.00 Å². The zero-order valence-corrected chi connectivity index (χ0v) is 8.06. The van der Waals surface area contributed by atoms with Crippen LogP contribution in [0, 0.1) is 0 Å². The molecule has 1 aliphatic carbocycles. The zero-order chi connectivity index (χ0) is 9.97. The van der Waals surface area contributed by atoms with Crippen molar-refractivity contribution < 1.29 is 9.53 Å². The van der Waals surface area contributed by atoms with E-state index >= 15 is 0 Å². The number of carbonyl (C=O) groups is 1. The van der Waals surface area contributed by atoms with Crippen molar-refractivity contribution in [2.24, 2.45) is 0 Å². The average Bonchev–Trinajstić information content (AvgIpc) is 2.89. The van der Waals surface area contributed by atoms with E-state index in [0.29, 0.717) is 18.3 Å². The normalized spacial score (nSPS) is 15.2. The summed E-state index contributed by atoms with van der Waals surface area (Å²) in [5.74, 6) is 0. The summed E-state index contributed by atoms with van der Waals surface area (Å²) in [6, 6.07) is 0.535. The van der Waals surface area contributed by atoms with E-state index in [-0.39, 0.29) is 0 Å². The van der Waals surface area contributed by atoms with E-state index in [1.807, 2.05) is 10.9 Å². The molecule has 0 spiro atoms. The molecule has 1 aliphatic rings. The lowest BCUT2D eigenvalue weighted by Gasteiger charge is -2.01. The summed E-state index contributed by atoms with van der Waals surface area (Å²) in [6.45, 7) is 2.15. The summed E-state index contributed by atoms with van der Waals surface area (Å²) in [5, 5.41) is 6.74. The molecule has 1 N–H and O–H groups in total. The number of hydrogen-bond donors (Lipinski definition) is 1. The van der Waals surface area contributed by atoms with Gasteiger partial charge in [-0.1, -0.05) is 0 Å². The Hall–Kier alpha value is -1.52. The fourth-order valence-electron chi connectivity index (χ4n) is 1.23. The smallest absolute Gasteiger partial charge is 0.411 e. The van der Waals surface area contributed by atoms with E-state index in [1.165, 1.54) is 12.8 Å². The van der Waals surface area contributed by atoms with Crippen molar-refractivity contribution in [2.45, 2.75) is 25.8 Å². The van der Waals surface area contributed by atoms with E-state index in [9.17, 15) is 4.79 Å². The second kappa shape index (κ2) is 3.69. The number of nitrogens with one attached hydrogen (secondary N) is 1. The van der Waals surface area contributed by atoms with Crippen LogP contribution < -0.4 is 5.32 Å². The van der Waals surface area contributed by atoms with E-state index in [0.717, 1.165) is 0 Å². The highest BCUT2D eigenvalue weighted by Gasteiger charge is 2.24. The number of hydrogen-bond acceptors (Lipinski definition) is 3. The van der Waals surface area contributed by atoms with Crippen molar-refractivity contribution in [2.75, 3.05) is 11.9 Å². The predicted molar refractivity (Wildman–Crippen MR) is 51.1 cm³/mol. The largest absolute Gasteiger partial charge is 0.450 e. The molecule has 0 bridgehead atoms. The fraction of sp³-hybridized carbons (Fsp3) is 0.556. The summed E-state index contributed by atoms with van der Waals surface area (Å²) < 4.78 is 6.62. The van der Waals surface area contributed by atoms with Gasteiger partial charge in [0.2, 0.25) is 0 Å². The van der Waals surface area contributed by atoms with Gasteiger partial charge in [0.25, 0.3) is 0 Å². The minimum Gasteiger partial charge on any atom is -0.450 e. The molecule has 14 heavy (non-hydrogen) atoms. The lowest BCUT2D eigenvalue weighted by atomic mass is 10.6. The Bertz CT molecular complexity index is 331. The standard InChI is InChI=1S/C9H13N3O2/c1-2-14-9(13)11-7-5-10-12(6-7)8-3-4-8/h5-6,8H,2-4H2,1H3,(H,11,13). The van der Waals surface area contributed by atoms with Crippen LogP contribution in [-0.4, -0.2) is 22.5 Å². The molecular weight excluding hydrogens is 182 g/mol. The first-order valence-electron chi connectivity index (χ1n) is 4.77. The van der Waals surface area contributed by atoms with Gasteiger partial charge in [-0.05, 0) is 19.8 Å². The van der Waals surface area contributed by atoms with Crippen molar-refractivity contribution in [3.8, 4) is 0 Å². The van der Waals surface area contributed by atoms with Crippen LogP contribution in [0.25, 0.3) is 0 Å². The van der Waals surface area contributed by atoms with Gasteiger partial charge >= 0.3 is 6.09 Å². The summed E-state index contributed by atoms with van der Waals surface area (Å²) in [4.78, 5) is 11.0. The Morgan fingerprint density at radius 1 is 1.79 bits per heavy atom. The Balaban J connectivity index is 1.92. The van der Waals surface area contributed by atoms with Gasteiger partial charge in [-0.25, -0.2) is 4.79 Å². The Kier molecular flexibility index (Phi) is 2.39. The molecule has 1 aromatic heterocycles. The number of anilines is 1. The molecule has 0 saturated heterocycles. The van der Waals surface area contributed by atoms with Crippen molar-refractivity contribution in [3.05, 3.63) is 12.4 Å². The van der Waals surface area contributed by atoms with Gasteiger partial charge in [0, 0.05) is 6.20 Å². The third-order valence-corrected chi connectivity index (χ3v) is 2.04. The van der Waals surface area contributed by atoms with E-state index in [2.05, 4.69) is 10.4 Å². The number of carbonyl (C=O) groups excluding carboxylic acids is 1. The first-order chi connectivity index (χ1) is 6.79. The third-order valence-electron chi connectivity index (χ3n) is 2.04. The summed E-state index contributed by atoms with van der Waals surface area (Å²) >= 11 is 0. The van der Waals surface area contributed by atoms with E-state index in [4.69, 9.17) is 4.74 Å². The second-order valence-electron chi connectivity index (χ2n) is 3.29. The summed E-state index contributed by atoms with van der Waals surface area (Å²) in [7, 11) is 0. The van der Waals surface area contributed by atoms with Gasteiger partial charge < -0.3 is 4.74 Å². The maximum atomic E-state index is 11.0. The van der Waals surface area contributed by atoms with Crippen LogP contribution in [0.1, 0.15) is 25.8 Å². The van der Waals surface area contributed by atoms with Gasteiger partial charge in [-0.2, -0.15) is 5.10 Å². The predicted octanol–water partition coefficient (Wildman–Crippen LogP) is 1.79. The summed E-state index contributed by atoms with van der Waals surface area (Å²) in [6.07, 6.45) is 5.40. The molecule has 2 rings (SSSR count). The van der Waals surface area contributed by atoms with Crippen molar-refractivity contribution in [1.29, 1.82) is 0 Å². The third kappa shape index (κ3) is 2.04. The highest BCUT2D eigenvalue weighted by Crippen LogP contribution is 2.34. The van der Waals surface area contributed by atoms with Crippen LogP contribution >= 0.6 is 0 Å². The molecule has 1 aromatic rings.